The third kappa shape index (κ3) is 3.22. The minimum Gasteiger partial charge on any atom is -0.480 e. The van der Waals surface area contributed by atoms with Crippen molar-refractivity contribution in [2.75, 3.05) is 0 Å². The van der Waals surface area contributed by atoms with Gasteiger partial charge in [0, 0.05) is 9.13 Å². The van der Waals surface area contributed by atoms with E-state index in [0.717, 1.165) is 3.57 Å². The predicted octanol–water partition coefficient (Wildman–Crippen LogP) is 2.66. The summed E-state index contributed by atoms with van der Waals surface area (Å²) in [6, 6.07) is 7.01. The van der Waals surface area contributed by atoms with Crippen LogP contribution in [0.2, 0.25) is 0 Å². The number of carbonyl (C=O) groups excluding carboxylic acids is 1. The van der Waals surface area contributed by atoms with E-state index in [1.165, 1.54) is 0 Å². The predicted molar refractivity (Wildman–Crippen MR) is 77.6 cm³/mol. The number of amides is 1. The third-order valence-corrected chi connectivity index (χ3v) is 3.79. The molecule has 1 rings (SSSR count). The van der Waals surface area contributed by atoms with Crippen LogP contribution in [-0.4, -0.2) is 22.5 Å². The Morgan fingerprint density at radius 1 is 1.22 bits per heavy atom. The van der Waals surface area contributed by atoms with Gasteiger partial charge >= 0.3 is 5.97 Å². The van der Waals surface area contributed by atoms with Crippen molar-refractivity contribution in [3.63, 3.8) is 0 Å². The number of rotatable bonds is 5. The maximum atomic E-state index is 12.0. The summed E-state index contributed by atoms with van der Waals surface area (Å²) in [5, 5.41) is 11.9. The van der Waals surface area contributed by atoms with Crippen LogP contribution in [0.25, 0.3) is 0 Å². The lowest BCUT2D eigenvalue weighted by Gasteiger charge is -2.28. The number of nitrogens with one attached hydrogen (secondary N) is 1. The van der Waals surface area contributed by atoms with E-state index in [2.05, 4.69) is 27.9 Å². The minimum absolute atomic E-state index is 0.350. The second-order valence-corrected chi connectivity index (χ2v) is 5.30. The number of halogens is 1. The van der Waals surface area contributed by atoms with Crippen molar-refractivity contribution in [3.8, 4) is 0 Å². The van der Waals surface area contributed by atoms with Gasteiger partial charge in [0.05, 0.1) is 0 Å². The van der Waals surface area contributed by atoms with Gasteiger partial charge in [-0.25, -0.2) is 4.79 Å². The fourth-order valence-electron chi connectivity index (χ4n) is 1.67. The molecule has 2 N–H and O–H groups in total. The highest BCUT2D eigenvalue weighted by Gasteiger charge is 2.36. The molecule has 4 nitrogen and oxygen atoms in total. The second-order valence-electron chi connectivity index (χ2n) is 4.06. The number of benzene rings is 1. The van der Waals surface area contributed by atoms with E-state index in [4.69, 9.17) is 0 Å². The number of carboxylic acid groups (broad SMARTS) is 1. The lowest BCUT2D eigenvalue weighted by atomic mass is 9.92. The molecule has 0 aliphatic heterocycles. The average molecular weight is 361 g/mol. The number of hydrogen-bond acceptors (Lipinski definition) is 2. The molecule has 0 saturated carbocycles. The Kier molecular flexibility index (Phi) is 5.13. The number of hydrogen-bond donors (Lipinski definition) is 2. The molecule has 1 amide bonds. The molecule has 0 spiro atoms. The normalized spacial score (nSPS) is 11.1. The first-order valence-electron chi connectivity index (χ1n) is 5.76. The largest absolute Gasteiger partial charge is 0.480 e. The van der Waals surface area contributed by atoms with Gasteiger partial charge < -0.3 is 10.4 Å². The molecule has 98 valence electrons. The van der Waals surface area contributed by atoms with Crippen LogP contribution in [-0.2, 0) is 4.79 Å². The molecule has 18 heavy (non-hydrogen) atoms. The monoisotopic (exact) mass is 361 g/mol. The van der Waals surface area contributed by atoms with E-state index < -0.39 is 11.5 Å². The molecule has 0 heterocycles. The van der Waals surface area contributed by atoms with Gasteiger partial charge in [0.15, 0.2) is 0 Å². The lowest BCUT2D eigenvalue weighted by molar-refractivity contribution is -0.144. The molecular formula is C13H16INO3. The van der Waals surface area contributed by atoms with Crippen LogP contribution in [0.5, 0.6) is 0 Å². The van der Waals surface area contributed by atoms with Crippen LogP contribution in [0.15, 0.2) is 24.3 Å². The van der Waals surface area contributed by atoms with Gasteiger partial charge in [0.2, 0.25) is 0 Å². The quantitative estimate of drug-likeness (QED) is 0.793. The van der Waals surface area contributed by atoms with Gasteiger partial charge in [-0.05, 0) is 59.7 Å². The van der Waals surface area contributed by atoms with E-state index in [-0.39, 0.29) is 5.91 Å². The number of carbonyl (C=O) groups is 2. The molecule has 0 atom stereocenters. The Morgan fingerprint density at radius 3 is 2.11 bits per heavy atom. The molecule has 0 bridgehead atoms. The van der Waals surface area contributed by atoms with Gasteiger partial charge in [-0.2, -0.15) is 0 Å². The van der Waals surface area contributed by atoms with Gasteiger partial charge in [-0.1, -0.05) is 13.8 Å². The maximum absolute atomic E-state index is 12.0. The first-order chi connectivity index (χ1) is 8.45. The Balaban J connectivity index is 2.91. The lowest BCUT2D eigenvalue weighted by Crippen LogP contribution is -2.53. The van der Waals surface area contributed by atoms with Crippen LogP contribution in [0.3, 0.4) is 0 Å². The highest BCUT2D eigenvalue weighted by molar-refractivity contribution is 14.1. The summed E-state index contributed by atoms with van der Waals surface area (Å²) in [6.07, 6.45) is 0.712. The fourth-order valence-corrected chi connectivity index (χ4v) is 2.03. The van der Waals surface area contributed by atoms with Crippen LogP contribution in [0, 0.1) is 3.57 Å². The molecule has 0 saturated heterocycles. The van der Waals surface area contributed by atoms with E-state index in [1.807, 2.05) is 12.1 Å². The molecule has 1 aromatic carbocycles. The molecule has 5 heteroatoms. The zero-order chi connectivity index (χ0) is 13.8. The molecule has 1 aromatic rings. The zero-order valence-corrected chi connectivity index (χ0v) is 12.5. The highest BCUT2D eigenvalue weighted by Crippen LogP contribution is 2.17. The molecule has 0 unspecified atom stereocenters. The smallest absolute Gasteiger partial charge is 0.329 e. The van der Waals surface area contributed by atoms with Crippen molar-refractivity contribution in [2.24, 2.45) is 0 Å². The van der Waals surface area contributed by atoms with Crippen LogP contribution >= 0.6 is 22.6 Å². The van der Waals surface area contributed by atoms with Crippen molar-refractivity contribution in [2.45, 2.75) is 32.2 Å². The minimum atomic E-state index is -1.18. The van der Waals surface area contributed by atoms with Crippen molar-refractivity contribution >= 4 is 34.5 Å². The van der Waals surface area contributed by atoms with Crippen molar-refractivity contribution in [3.05, 3.63) is 33.4 Å². The first kappa shape index (κ1) is 14.9. The molecule has 0 aromatic heterocycles. The Hall–Kier alpha value is -1.11. The highest BCUT2D eigenvalue weighted by atomic mass is 127. The standard InChI is InChI=1S/C13H16INO3/c1-3-13(4-2,12(17)18)15-11(16)9-5-7-10(14)8-6-9/h5-8H,3-4H2,1-2H3,(H,15,16)(H,17,18). The Morgan fingerprint density at radius 2 is 1.72 bits per heavy atom. The van der Waals surface area contributed by atoms with Crippen LogP contribution < -0.4 is 5.32 Å². The van der Waals surface area contributed by atoms with Crippen molar-refractivity contribution in [1.29, 1.82) is 0 Å². The second kappa shape index (κ2) is 6.17. The van der Waals surface area contributed by atoms with E-state index in [1.54, 1.807) is 26.0 Å². The molecule has 0 radical (unpaired) electrons. The third-order valence-electron chi connectivity index (χ3n) is 3.08. The SMILES string of the molecule is CCC(CC)(NC(=O)c1ccc(I)cc1)C(=O)O. The van der Waals surface area contributed by atoms with Gasteiger partial charge in [0.1, 0.15) is 5.54 Å². The molecular weight excluding hydrogens is 345 g/mol. The van der Waals surface area contributed by atoms with Crippen LogP contribution in [0.1, 0.15) is 37.0 Å². The maximum Gasteiger partial charge on any atom is 0.329 e. The summed E-state index contributed by atoms with van der Waals surface area (Å²) in [7, 11) is 0. The summed E-state index contributed by atoms with van der Waals surface area (Å²) in [4.78, 5) is 23.3. The molecule has 0 aliphatic carbocycles. The summed E-state index contributed by atoms with van der Waals surface area (Å²) >= 11 is 2.15. The number of aliphatic carboxylic acids is 1. The van der Waals surface area contributed by atoms with E-state index >= 15 is 0 Å². The summed E-state index contributed by atoms with van der Waals surface area (Å²) in [5.74, 6) is -1.34. The first-order valence-corrected chi connectivity index (χ1v) is 6.84. The zero-order valence-electron chi connectivity index (χ0n) is 10.4. The van der Waals surface area contributed by atoms with Gasteiger partial charge in [-0.15, -0.1) is 0 Å². The van der Waals surface area contributed by atoms with Crippen LogP contribution in [0.4, 0.5) is 0 Å². The molecule has 0 fully saturated rings. The van der Waals surface area contributed by atoms with E-state index in [9.17, 15) is 14.7 Å². The number of carboxylic acids is 1. The average Bonchev–Trinajstić information content (AvgIpc) is 2.36. The summed E-state index contributed by atoms with van der Waals surface area (Å²) in [5.41, 5.74) is -0.706. The summed E-state index contributed by atoms with van der Waals surface area (Å²) in [6.45, 7) is 3.51. The van der Waals surface area contributed by atoms with Crippen molar-refractivity contribution < 1.29 is 14.7 Å². The topological polar surface area (TPSA) is 66.4 Å². The summed E-state index contributed by atoms with van der Waals surface area (Å²) < 4.78 is 1.03. The molecule has 0 aliphatic rings. The van der Waals surface area contributed by atoms with E-state index in [0.29, 0.717) is 18.4 Å². The van der Waals surface area contributed by atoms with Gasteiger partial charge in [-0.3, -0.25) is 4.79 Å². The Bertz CT molecular complexity index is 438. The fraction of sp³-hybridized carbons (Fsp3) is 0.385. The Labute approximate surface area is 120 Å². The van der Waals surface area contributed by atoms with Crippen molar-refractivity contribution in [1.82, 2.24) is 5.32 Å². The van der Waals surface area contributed by atoms with Gasteiger partial charge in [0.25, 0.3) is 5.91 Å².